The van der Waals surface area contributed by atoms with Gasteiger partial charge in [0.25, 0.3) is 0 Å². The molecule has 0 saturated heterocycles. The maximum absolute atomic E-state index is 14.7. The predicted molar refractivity (Wildman–Crippen MR) is 85.5 cm³/mol. The summed E-state index contributed by atoms with van der Waals surface area (Å²) in [5.74, 6) is 0. The predicted octanol–water partition coefficient (Wildman–Crippen LogP) is 4.10. The molecule has 0 saturated carbocycles. The van der Waals surface area contributed by atoms with Crippen molar-refractivity contribution in [1.82, 2.24) is 4.48 Å². The molecule has 3 heterocycles. The van der Waals surface area contributed by atoms with Gasteiger partial charge < -0.3 is 17.6 Å². The summed E-state index contributed by atoms with van der Waals surface area (Å²) in [4.78, 5) is 0. The summed E-state index contributed by atoms with van der Waals surface area (Å²) in [7, 11) is 0. The van der Waals surface area contributed by atoms with Gasteiger partial charge in [0, 0.05) is 22.9 Å². The Morgan fingerprint density at radius 2 is 2.05 bits per heavy atom. The zero-order valence-corrected chi connectivity index (χ0v) is 12.6. The zero-order valence-electron chi connectivity index (χ0n) is 11.8. The molecule has 110 valence electrons. The van der Waals surface area contributed by atoms with Gasteiger partial charge in [0.1, 0.15) is 6.21 Å². The van der Waals surface area contributed by atoms with E-state index in [1.54, 1.807) is 24.3 Å². The van der Waals surface area contributed by atoms with E-state index in [0.717, 1.165) is 25.7 Å². The van der Waals surface area contributed by atoms with Gasteiger partial charge in [-0.3, -0.25) is 0 Å². The Morgan fingerprint density at radius 1 is 1.23 bits per heavy atom. The normalized spacial score (nSPS) is 18.3. The summed E-state index contributed by atoms with van der Waals surface area (Å²) in [6, 6.07) is 9.00. The summed E-state index contributed by atoms with van der Waals surface area (Å²) in [5, 5.41) is 0.599. The van der Waals surface area contributed by atoms with Crippen molar-refractivity contribution in [3.8, 4) is 0 Å². The van der Waals surface area contributed by atoms with Crippen molar-refractivity contribution in [2.24, 2.45) is 0 Å². The molecule has 0 N–H and O–H groups in total. The second kappa shape index (κ2) is 4.43. The molecule has 2 aliphatic heterocycles. The van der Waals surface area contributed by atoms with Crippen LogP contribution in [-0.4, -0.2) is 22.1 Å². The second-order valence-corrected chi connectivity index (χ2v) is 6.02. The minimum absolute atomic E-state index is 0.512. The van der Waals surface area contributed by atoms with E-state index in [1.807, 2.05) is 25.1 Å². The van der Waals surface area contributed by atoms with Crippen molar-refractivity contribution in [3.05, 3.63) is 76.2 Å². The number of nitrogens with zero attached hydrogens (tertiary/aromatic N) is 2. The minimum Gasteiger partial charge on any atom is -0.396 e. The second-order valence-electron chi connectivity index (χ2n) is 5.58. The van der Waals surface area contributed by atoms with Gasteiger partial charge in [-0.2, -0.15) is 0 Å². The van der Waals surface area contributed by atoms with E-state index in [1.165, 1.54) is 12.4 Å². The highest BCUT2D eigenvalue weighted by Crippen LogP contribution is 2.39. The number of allylic oxidation sites excluding steroid dienone is 2. The van der Waals surface area contributed by atoms with Gasteiger partial charge in [0.15, 0.2) is 5.70 Å². The number of aryl methyl sites for hydroxylation is 1. The van der Waals surface area contributed by atoms with Gasteiger partial charge in [0.2, 0.25) is 0 Å². The lowest BCUT2D eigenvalue weighted by Crippen LogP contribution is -2.49. The fourth-order valence-corrected chi connectivity index (χ4v) is 3.48. The number of rotatable bonds is 1. The molecule has 0 fully saturated rings. The third-order valence-corrected chi connectivity index (χ3v) is 4.29. The minimum atomic E-state index is -3.85. The van der Waals surface area contributed by atoms with Crippen LogP contribution in [0.4, 0.5) is 8.63 Å². The van der Waals surface area contributed by atoms with Gasteiger partial charge >= 0.3 is 6.97 Å². The van der Waals surface area contributed by atoms with Crippen LogP contribution >= 0.6 is 11.6 Å². The molecule has 0 atom stereocenters. The van der Waals surface area contributed by atoms with Crippen molar-refractivity contribution >= 4 is 30.4 Å². The van der Waals surface area contributed by atoms with Crippen molar-refractivity contribution in [2.75, 3.05) is 0 Å². The third-order valence-electron chi connectivity index (χ3n) is 4.07. The number of hydrogen-bond acceptors (Lipinski definition) is 0. The summed E-state index contributed by atoms with van der Waals surface area (Å²) in [6.45, 7) is -1.91. The van der Waals surface area contributed by atoms with Crippen LogP contribution in [-0.2, 0) is 0 Å². The van der Waals surface area contributed by atoms with Crippen molar-refractivity contribution in [1.29, 1.82) is 0 Å². The standard InChI is InChI=1S/C16H12BClF2N2/c1-11-8-12(10-13(18)9-11)16-14-4-2-6-21(14)17(19,20)22-7-3-5-15(16)22/h2-10H,1H3. The van der Waals surface area contributed by atoms with E-state index in [2.05, 4.69) is 0 Å². The molecule has 22 heavy (non-hydrogen) atoms. The lowest BCUT2D eigenvalue weighted by atomic mass is 9.86. The maximum atomic E-state index is 14.7. The van der Waals surface area contributed by atoms with E-state index >= 15 is 0 Å². The number of fused-ring (bicyclic) bond motifs is 2. The summed E-state index contributed by atoms with van der Waals surface area (Å²) < 4.78 is 31.4. The first-order chi connectivity index (χ1) is 10.5. The smallest absolute Gasteiger partial charge is 0.396 e. The van der Waals surface area contributed by atoms with Crippen LogP contribution in [0, 0.1) is 6.92 Å². The average Bonchev–Trinajstić information content (AvgIpc) is 3.06. The highest BCUT2D eigenvalue weighted by molar-refractivity contribution is 6.57. The van der Waals surface area contributed by atoms with Crippen molar-refractivity contribution in [2.45, 2.75) is 6.92 Å². The molecule has 0 amide bonds. The van der Waals surface area contributed by atoms with Gasteiger partial charge in [-0.15, -0.1) is 0 Å². The Bertz CT molecular complexity index is 873. The monoisotopic (exact) mass is 316 g/mol. The van der Waals surface area contributed by atoms with Crippen LogP contribution in [0.1, 0.15) is 16.8 Å². The Morgan fingerprint density at radius 3 is 2.82 bits per heavy atom. The van der Waals surface area contributed by atoms with E-state index in [4.69, 9.17) is 11.6 Å². The zero-order chi connectivity index (χ0) is 15.5. The Hall–Kier alpha value is -2.14. The first-order valence-corrected chi connectivity index (χ1v) is 7.38. The van der Waals surface area contributed by atoms with Gasteiger partial charge in [0.05, 0.1) is 5.57 Å². The molecule has 2 nitrogen and oxygen atoms in total. The molecule has 0 aliphatic carbocycles. The van der Waals surface area contributed by atoms with Crippen LogP contribution in [0.2, 0.25) is 5.02 Å². The maximum Gasteiger partial charge on any atom is 0.737 e. The highest BCUT2D eigenvalue weighted by Gasteiger charge is 2.51. The third kappa shape index (κ3) is 1.75. The molecule has 1 aromatic heterocycles. The molecule has 2 aromatic rings. The Kier molecular flexibility index (Phi) is 2.72. The molecular formula is C16H12BClF2N2. The van der Waals surface area contributed by atoms with E-state index < -0.39 is 6.97 Å². The highest BCUT2D eigenvalue weighted by atomic mass is 35.5. The number of aromatic nitrogens is 1. The number of hydrogen-bond donors (Lipinski definition) is 0. The molecule has 4 rings (SSSR count). The van der Waals surface area contributed by atoms with Crippen molar-refractivity contribution in [3.63, 3.8) is 0 Å². The van der Waals surface area contributed by atoms with Crippen LogP contribution in [0.25, 0.3) is 5.57 Å². The fraction of sp³-hybridized carbons (Fsp3) is 0.0625. The molecule has 0 unspecified atom stereocenters. The molecule has 2 aliphatic rings. The molecule has 0 spiro atoms. The lowest BCUT2D eigenvalue weighted by Gasteiger charge is -2.31. The first kappa shape index (κ1) is 13.5. The summed E-state index contributed by atoms with van der Waals surface area (Å²) >= 11 is 6.16. The quantitative estimate of drug-likeness (QED) is 0.700. The first-order valence-electron chi connectivity index (χ1n) is 7.00. The van der Waals surface area contributed by atoms with E-state index in [0.29, 0.717) is 16.4 Å². The number of halogens is 3. The average molecular weight is 317 g/mol. The van der Waals surface area contributed by atoms with Gasteiger partial charge in [-0.05, 0) is 48.5 Å². The van der Waals surface area contributed by atoms with Crippen molar-refractivity contribution < 1.29 is 13.1 Å². The number of benzene rings is 1. The lowest BCUT2D eigenvalue weighted by molar-refractivity contribution is -0.356. The fourth-order valence-electron chi connectivity index (χ4n) is 3.19. The molecule has 6 heteroatoms. The SMILES string of the molecule is Cc1cc(Cl)cc(C2=C3C=CC=[N+]3[B-](F)(F)n3cccc32)c1. The van der Waals surface area contributed by atoms with E-state index in [-0.39, 0.29) is 0 Å². The Labute approximate surface area is 131 Å². The largest absolute Gasteiger partial charge is 0.737 e. The van der Waals surface area contributed by atoms with Crippen LogP contribution in [0.15, 0.2) is 54.4 Å². The van der Waals surface area contributed by atoms with Crippen LogP contribution in [0.5, 0.6) is 0 Å². The van der Waals surface area contributed by atoms with Gasteiger partial charge in [-0.1, -0.05) is 17.7 Å². The Balaban J connectivity index is 2.06. The van der Waals surface area contributed by atoms with Gasteiger partial charge in [-0.25, -0.2) is 0 Å². The molecule has 0 bridgehead atoms. The summed E-state index contributed by atoms with van der Waals surface area (Å²) in [6.07, 6.45) is 6.22. The molecule has 0 radical (unpaired) electrons. The summed E-state index contributed by atoms with van der Waals surface area (Å²) in [5.41, 5.74) is 3.63. The van der Waals surface area contributed by atoms with E-state index in [9.17, 15) is 8.63 Å². The van der Waals surface area contributed by atoms with Crippen LogP contribution < -0.4 is 0 Å². The van der Waals surface area contributed by atoms with Crippen LogP contribution in [0.3, 0.4) is 0 Å². The molecule has 1 aromatic carbocycles. The molecular weight excluding hydrogens is 304 g/mol. The topological polar surface area (TPSA) is 7.94 Å².